The van der Waals surface area contributed by atoms with E-state index < -0.39 is 0 Å². The molecule has 3 heteroatoms. The molecule has 0 atom stereocenters. The summed E-state index contributed by atoms with van der Waals surface area (Å²) in [6.07, 6.45) is 2.43. The van der Waals surface area contributed by atoms with Gasteiger partial charge in [-0.25, -0.2) is 0 Å². The van der Waals surface area contributed by atoms with Crippen LogP contribution in [0.1, 0.15) is 32.6 Å². The fourth-order valence-corrected chi connectivity index (χ4v) is 2.92. The summed E-state index contributed by atoms with van der Waals surface area (Å²) in [5, 5.41) is 10.8. The molecule has 0 unspecified atom stereocenters. The lowest BCUT2D eigenvalue weighted by Gasteiger charge is -2.07. The van der Waals surface area contributed by atoms with Gasteiger partial charge in [-0.2, -0.15) is 0 Å². The summed E-state index contributed by atoms with van der Waals surface area (Å²) in [7, 11) is 0. The molecule has 0 aromatic heterocycles. The number of ketones is 1. The third-order valence-corrected chi connectivity index (χ3v) is 4.17. The van der Waals surface area contributed by atoms with E-state index in [1.165, 1.54) is 0 Å². The van der Waals surface area contributed by atoms with Crippen molar-refractivity contribution in [2.75, 3.05) is 0 Å². The van der Waals surface area contributed by atoms with Gasteiger partial charge in [-0.05, 0) is 54.3 Å². The van der Waals surface area contributed by atoms with Crippen LogP contribution in [0.25, 0.3) is 6.08 Å². The molecule has 21 heavy (non-hydrogen) atoms. The number of carbonyl (C=O) groups is 1. The molecule has 2 nitrogen and oxygen atoms in total. The number of hydrogen-bond acceptors (Lipinski definition) is 2. The van der Waals surface area contributed by atoms with Crippen LogP contribution in [0.3, 0.4) is 0 Å². The zero-order valence-corrected chi connectivity index (χ0v) is 12.7. The van der Waals surface area contributed by atoms with Crippen LogP contribution in [0.5, 0.6) is 5.75 Å². The van der Waals surface area contributed by atoms with Crippen LogP contribution in [-0.4, -0.2) is 10.9 Å². The molecular formula is C18H15ClO2. The van der Waals surface area contributed by atoms with Crippen molar-refractivity contribution in [2.45, 2.75) is 20.3 Å². The molecule has 1 N–H and O–H groups in total. The summed E-state index contributed by atoms with van der Waals surface area (Å²) in [5.74, 6) is 0.0318. The highest BCUT2D eigenvalue weighted by Gasteiger charge is 2.30. The summed E-state index contributed by atoms with van der Waals surface area (Å²) in [4.78, 5) is 12.5. The van der Waals surface area contributed by atoms with Crippen molar-refractivity contribution in [2.24, 2.45) is 0 Å². The number of halogens is 1. The molecule has 0 spiro atoms. The van der Waals surface area contributed by atoms with Crippen molar-refractivity contribution in [1.29, 1.82) is 0 Å². The first-order valence-corrected chi connectivity index (χ1v) is 7.18. The smallest absolute Gasteiger partial charge is 0.193 e. The maximum atomic E-state index is 12.5. The van der Waals surface area contributed by atoms with Gasteiger partial charge in [0.25, 0.3) is 0 Å². The molecule has 1 aliphatic rings. The Morgan fingerprint density at radius 1 is 1.14 bits per heavy atom. The fourth-order valence-electron chi connectivity index (χ4n) is 2.80. The molecule has 0 bridgehead atoms. The maximum absolute atomic E-state index is 12.5. The number of Topliss-reactive ketones (excluding diaryl/α,β-unsaturated/α-hetero) is 1. The molecule has 0 saturated heterocycles. The van der Waals surface area contributed by atoms with Gasteiger partial charge in [-0.1, -0.05) is 29.8 Å². The number of carbonyl (C=O) groups excluding carboxylic acids is 1. The number of benzene rings is 2. The zero-order chi connectivity index (χ0) is 15.1. The van der Waals surface area contributed by atoms with E-state index in [2.05, 4.69) is 0 Å². The van der Waals surface area contributed by atoms with Gasteiger partial charge >= 0.3 is 0 Å². The first-order chi connectivity index (χ1) is 9.97. The Balaban J connectivity index is 2.06. The monoisotopic (exact) mass is 298 g/mol. The molecule has 3 rings (SSSR count). The Morgan fingerprint density at radius 2 is 1.81 bits per heavy atom. The molecule has 0 saturated carbocycles. The topological polar surface area (TPSA) is 37.3 Å². The number of allylic oxidation sites excluding steroid dienone is 1. The van der Waals surface area contributed by atoms with Crippen LogP contribution in [-0.2, 0) is 6.42 Å². The standard InChI is InChI=1S/C18H15ClO2/c1-10-7-11(2)17(20)16-15(10)9-13(18(16)21)8-12-3-5-14(19)6-4-12/h3-8,20H,9H2,1-2H3/b13-8+. The number of phenols is 1. The molecule has 0 fully saturated rings. The third kappa shape index (κ3) is 2.36. The normalized spacial score (nSPS) is 15.6. The van der Waals surface area contributed by atoms with Gasteiger partial charge in [0.2, 0.25) is 0 Å². The minimum atomic E-state index is -0.0794. The molecule has 2 aromatic carbocycles. The zero-order valence-electron chi connectivity index (χ0n) is 11.9. The van der Waals surface area contributed by atoms with E-state index in [-0.39, 0.29) is 11.5 Å². The quantitative estimate of drug-likeness (QED) is 0.788. The largest absolute Gasteiger partial charge is 0.507 e. The molecule has 1 aliphatic carbocycles. The molecule has 0 heterocycles. The Labute approximate surface area is 128 Å². The van der Waals surface area contributed by atoms with Crippen molar-refractivity contribution in [3.8, 4) is 5.75 Å². The molecular weight excluding hydrogens is 284 g/mol. The SMILES string of the molecule is Cc1cc(C)c2c(c1O)C(=O)/C(=C/c1ccc(Cl)cc1)C2. The average Bonchev–Trinajstić information content (AvgIpc) is 2.77. The van der Waals surface area contributed by atoms with Gasteiger partial charge in [0.1, 0.15) is 5.75 Å². The van der Waals surface area contributed by atoms with E-state index >= 15 is 0 Å². The van der Waals surface area contributed by atoms with E-state index in [4.69, 9.17) is 11.6 Å². The number of fused-ring (bicyclic) bond motifs is 1. The highest BCUT2D eigenvalue weighted by atomic mass is 35.5. The van der Waals surface area contributed by atoms with E-state index in [0.29, 0.717) is 22.6 Å². The molecule has 0 radical (unpaired) electrons. The third-order valence-electron chi connectivity index (χ3n) is 3.92. The lowest BCUT2D eigenvalue weighted by Crippen LogP contribution is -1.97. The number of aromatic hydroxyl groups is 1. The Morgan fingerprint density at radius 3 is 2.48 bits per heavy atom. The second-order valence-corrected chi connectivity index (χ2v) is 5.88. The van der Waals surface area contributed by atoms with Crippen molar-refractivity contribution in [1.82, 2.24) is 0 Å². The fraction of sp³-hybridized carbons (Fsp3) is 0.167. The average molecular weight is 299 g/mol. The number of hydrogen-bond donors (Lipinski definition) is 1. The van der Waals surface area contributed by atoms with Crippen LogP contribution < -0.4 is 0 Å². The molecule has 106 valence electrons. The lowest BCUT2D eigenvalue weighted by atomic mass is 10.00. The molecule has 0 amide bonds. The highest BCUT2D eigenvalue weighted by Crippen LogP contribution is 2.37. The number of phenolic OH excluding ortho intramolecular Hbond substituents is 1. The Hall–Kier alpha value is -2.06. The van der Waals surface area contributed by atoms with E-state index in [0.717, 1.165) is 22.3 Å². The minimum Gasteiger partial charge on any atom is -0.507 e. The van der Waals surface area contributed by atoms with E-state index in [1.807, 2.05) is 38.1 Å². The molecule has 0 aliphatic heterocycles. The van der Waals surface area contributed by atoms with Gasteiger partial charge in [0, 0.05) is 17.0 Å². The van der Waals surface area contributed by atoms with Gasteiger partial charge in [-0.15, -0.1) is 0 Å². The van der Waals surface area contributed by atoms with Crippen LogP contribution >= 0.6 is 11.6 Å². The summed E-state index contributed by atoms with van der Waals surface area (Å²) < 4.78 is 0. The maximum Gasteiger partial charge on any atom is 0.193 e. The van der Waals surface area contributed by atoms with Crippen molar-refractivity contribution >= 4 is 23.5 Å². The van der Waals surface area contributed by atoms with Crippen LogP contribution in [0.4, 0.5) is 0 Å². The first-order valence-electron chi connectivity index (χ1n) is 6.80. The summed E-state index contributed by atoms with van der Waals surface area (Å²) in [5.41, 5.74) is 4.83. The number of rotatable bonds is 1. The van der Waals surface area contributed by atoms with Crippen molar-refractivity contribution in [3.05, 3.63) is 68.7 Å². The second kappa shape index (κ2) is 5.05. The number of aryl methyl sites for hydroxylation is 2. The van der Waals surface area contributed by atoms with Gasteiger partial charge in [0.15, 0.2) is 5.78 Å². The van der Waals surface area contributed by atoms with Crippen molar-refractivity contribution in [3.63, 3.8) is 0 Å². The minimum absolute atomic E-state index is 0.0794. The predicted octanol–water partition coefficient (Wildman–Crippen LogP) is 4.48. The summed E-state index contributed by atoms with van der Waals surface area (Å²) in [6.45, 7) is 3.79. The van der Waals surface area contributed by atoms with Crippen LogP contribution in [0.15, 0.2) is 35.9 Å². The van der Waals surface area contributed by atoms with Gasteiger partial charge in [0.05, 0.1) is 5.56 Å². The predicted molar refractivity (Wildman–Crippen MR) is 85.0 cm³/mol. The van der Waals surface area contributed by atoms with Gasteiger partial charge < -0.3 is 5.11 Å². The van der Waals surface area contributed by atoms with Crippen LogP contribution in [0.2, 0.25) is 5.02 Å². The lowest BCUT2D eigenvalue weighted by molar-refractivity contribution is 0.103. The summed E-state index contributed by atoms with van der Waals surface area (Å²) in [6, 6.07) is 9.28. The summed E-state index contributed by atoms with van der Waals surface area (Å²) >= 11 is 5.87. The van der Waals surface area contributed by atoms with Crippen molar-refractivity contribution < 1.29 is 9.90 Å². The Bertz CT molecular complexity index is 771. The van der Waals surface area contributed by atoms with Crippen LogP contribution in [0, 0.1) is 13.8 Å². The Kier molecular flexibility index (Phi) is 3.34. The highest BCUT2D eigenvalue weighted by molar-refractivity contribution is 6.30. The van der Waals surface area contributed by atoms with Gasteiger partial charge in [-0.3, -0.25) is 4.79 Å². The van der Waals surface area contributed by atoms with E-state index in [9.17, 15) is 9.90 Å². The molecule has 2 aromatic rings. The first kappa shape index (κ1) is 13.9. The van der Waals surface area contributed by atoms with E-state index in [1.54, 1.807) is 12.1 Å². The second-order valence-electron chi connectivity index (χ2n) is 5.44.